The zero-order valence-corrected chi connectivity index (χ0v) is 15.9. The van der Waals surface area contributed by atoms with Crippen molar-refractivity contribution in [2.75, 3.05) is 25.5 Å². The van der Waals surface area contributed by atoms with Gasteiger partial charge in [-0.1, -0.05) is 12.1 Å². The molecule has 0 bridgehead atoms. The number of carbonyl (C=O) groups excluding carboxylic acids is 1. The van der Waals surface area contributed by atoms with E-state index in [2.05, 4.69) is 34.4 Å². The van der Waals surface area contributed by atoms with Gasteiger partial charge in [-0.25, -0.2) is 9.97 Å². The fourth-order valence-electron chi connectivity index (χ4n) is 2.68. The van der Waals surface area contributed by atoms with Gasteiger partial charge in [0.2, 0.25) is 5.91 Å². The molecule has 0 saturated heterocycles. The average molecular weight is 370 g/mol. The Morgan fingerprint density at radius 1 is 1.19 bits per heavy atom. The van der Waals surface area contributed by atoms with Crippen molar-refractivity contribution in [2.24, 2.45) is 0 Å². The van der Waals surface area contributed by atoms with E-state index < -0.39 is 0 Å². The first-order chi connectivity index (χ1) is 12.6. The number of fused-ring (bicyclic) bond motifs is 1. The number of hydrogen-bond acceptors (Lipinski definition) is 6. The highest BCUT2D eigenvalue weighted by Crippen LogP contribution is 2.32. The van der Waals surface area contributed by atoms with Gasteiger partial charge in [-0.3, -0.25) is 4.79 Å². The van der Waals surface area contributed by atoms with Crippen molar-refractivity contribution in [2.45, 2.75) is 20.3 Å². The minimum Gasteiger partial charge on any atom is -0.497 e. The molecule has 0 fully saturated rings. The summed E-state index contributed by atoms with van der Waals surface area (Å²) in [7, 11) is 1.65. The highest BCUT2D eigenvalue weighted by molar-refractivity contribution is 7.18. The molecule has 6 nitrogen and oxygen atoms in total. The molecule has 2 aromatic heterocycles. The summed E-state index contributed by atoms with van der Waals surface area (Å²) < 4.78 is 5.14. The number of thiophene rings is 1. The fraction of sp³-hybridized carbons (Fsp3) is 0.316. The lowest BCUT2D eigenvalue weighted by atomic mass is 10.1. The van der Waals surface area contributed by atoms with Crippen LogP contribution in [0.15, 0.2) is 30.6 Å². The molecule has 0 aliphatic carbocycles. The third-order valence-electron chi connectivity index (χ3n) is 4.28. The lowest BCUT2D eigenvalue weighted by Gasteiger charge is -2.09. The van der Waals surface area contributed by atoms with Crippen LogP contribution in [0.1, 0.15) is 16.0 Å². The normalized spacial score (nSPS) is 10.7. The molecule has 7 heteroatoms. The molecule has 136 valence electrons. The first kappa shape index (κ1) is 18.1. The number of methoxy groups -OCH3 is 1. The minimum atomic E-state index is -0.0603. The molecule has 0 atom stereocenters. The Balaban J connectivity index is 1.51. The van der Waals surface area contributed by atoms with Crippen molar-refractivity contribution in [1.82, 2.24) is 15.3 Å². The summed E-state index contributed by atoms with van der Waals surface area (Å²) in [4.78, 5) is 22.8. The quantitative estimate of drug-likeness (QED) is 0.668. The standard InChI is InChI=1S/C19H22N4O2S/c1-12-13(2)26-19-17(12)18(22-11-23-19)21-10-16(24)20-9-8-14-4-6-15(25-3)7-5-14/h4-7,11H,8-10H2,1-3H3,(H,20,24)(H,21,22,23). The molecular formula is C19H22N4O2S. The van der Waals surface area contributed by atoms with E-state index in [1.54, 1.807) is 18.4 Å². The van der Waals surface area contributed by atoms with Crippen LogP contribution in [-0.4, -0.2) is 36.1 Å². The topological polar surface area (TPSA) is 76.1 Å². The molecule has 1 amide bonds. The number of carbonyl (C=O) groups is 1. The van der Waals surface area contributed by atoms with Crippen molar-refractivity contribution >= 4 is 33.3 Å². The molecule has 0 radical (unpaired) electrons. The molecule has 0 saturated carbocycles. The number of benzene rings is 1. The Labute approximate surface area is 156 Å². The zero-order valence-electron chi connectivity index (χ0n) is 15.1. The third-order valence-corrected chi connectivity index (χ3v) is 5.39. The van der Waals surface area contributed by atoms with Gasteiger partial charge in [0.05, 0.1) is 19.0 Å². The molecule has 2 N–H and O–H groups in total. The Bertz CT molecular complexity index is 906. The van der Waals surface area contributed by atoms with Crippen LogP contribution in [-0.2, 0) is 11.2 Å². The van der Waals surface area contributed by atoms with E-state index in [0.29, 0.717) is 12.4 Å². The van der Waals surface area contributed by atoms with Crippen LogP contribution in [0.4, 0.5) is 5.82 Å². The second kappa shape index (κ2) is 8.14. The predicted octanol–water partition coefficient (Wildman–Crippen LogP) is 3.09. The zero-order chi connectivity index (χ0) is 18.5. The van der Waals surface area contributed by atoms with Crippen LogP contribution in [0.3, 0.4) is 0 Å². The Hall–Kier alpha value is -2.67. The lowest BCUT2D eigenvalue weighted by Crippen LogP contribution is -2.31. The molecule has 0 spiro atoms. The highest BCUT2D eigenvalue weighted by atomic mass is 32.1. The molecule has 2 heterocycles. The van der Waals surface area contributed by atoms with Crippen LogP contribution in [0.5, 0.6) is 5.75 Å². The molecule has 0 aliphatic rings. The Morgan fingerprint density at radius 3 is 2.69 bits per heavy atom. The second-order valence-electron chi connectivity index (χ2n) is 5.99. The molecule has 1 aromatic carbocycles. The number of hydrogen-bond donors (Lipinski definition) is 2. The van der Waals surface area contributed by atoms with E-state index in [4.69, 9.17) is 4.74 Å². The number of nitrogens with zero attached hydrogens (tertiary/aromatic N) is 2. The van der Waals surface area contributed by atoms with E-state index >= 15 is 0 Å². The van der Waals surface area contributed by atoms with E-state index in [-0.39, 0.29) is 12.5 Å². The second-order valence-corrected chi connectivity index (χ2v) is 7.19. The smallest absolute Gasteiger partial charge is 0.239 e. The number of aryl methyl sites for hydroxylation is 2. The molecule has 0 unspecified atom stereocenters. The molecule has 26 heavy (non-hydrogen) atoms. The van der Waals surface area contributed by atoms with Crippen LogP contribution in [0, 0.1) is 13.8 Å². The van der Waals surface area contributed by atoms with Crippen LogP contribution >= 0.6 is 11.3 Å². The number of amides is 1. The van der Waals surface area contributed by atoms with Crippen molar-refractivity contribution in [3.8, 4) is 5.75 Å². The summed E-state index contributed by atoms with van der Waals surface area (Å²) in [6.07, 6.45) is 2.30. The van der Waals surface area contributed by atoms with Crippen LogP contribution < -0.4 is 15.4 Å². The van der Waals surface area contributed by atoms with Gasteiger partial charge < -0.3 is 15.4 Å². The van der Waals surface area contributed by atoms with Crippen molar-refractivity contribution < 1.29 is 9.53 Å². The van der Waals surface area contributed by atoms with E-state index in [9.17, 15) is 4.79 Å². The summed E-state index contributed by atoms with van der Waals surface area (Å²) in [5.41, 5.74) is 2.31. The van der Waals surface area contributed by atoms with Crippen molar-refractivity contribution in [3.05, 3.63) is 46.6 Å². The van der Waals surface area contributed by atoms with Gasteiger partial charge in [0.25, 0.3) is 0 Å². The summed E-state index contributed by atoms with van der Waals surface area (Å²) in [5, 5.41) is 7.06. The monoisotopic (exact) mass is 370 g/mol. The van der Waals surface area contributed by atoms with Crippen molar-refractivity contribution in [1.29, 1.82) is 0 Å². The lowest BCUT2D eigenvalue weighted by molar-refractivity contribution is -0.119. The van der Waals surface area contributed by atoms with Gasteiger partial charge in [-0.05, 0) is 43.5 Å². The Kier molecular flexibility index (Phi) is 5.68. The SMILES string of the molecule is COc1ccc(CCNC(=O)CNc2ncnc3sc(C)c(C)c23)cc1. The largest absolute Gasteiger partial charge is 0.497 e. The predicted molar refractivity (Wildman–Crippen MR) is 105 cm³/mol. The van der Waals surface area contributed by atoms with Gasteiger partial charge in [0.1, 0.15) is 22.7 Å². The summed E-state index contributed by atoms with van der Waals surface area (Å²) >= 11 is 1.64. The van der Waals surface area contributed by atoms with E-state index in [0.717, 1.165) is 33.5 Å². The van der Waals surface area contributed by atoms with Crippen molar-refractivity contribution in [3.63, 3.8) is 0 Å². The maximum Gasteiger partial charge on any atom is 0.239 e. The van der Waals surface area contributed by atoms with Gasteiger partial charge in [0, 0.05) is 11.4 Å². The van der Waals surface area contributed by atoms with Gasteiger partial charge in [0.15, 0.2) is 0 Å². The van der Waals surface area contributed by atoms with E-state index in [1.165, 1.54) is 11.2 Å². The van der Waals surface area contributed by atoms with Gasteiger partial charge in [-0.2, -0.15) is 0 Å². The first-order valence-electron chi connectivity index (χ1n) is 8.42. The molecule has 0 aliphatic heterocycles. The number of rotatable bonds is 7. The van der Waals surface area contributed by atoms with Crippen LogP contribution in [0.2, 0.25) is 0 Å². The van der Waals surface area contributed by atoms with E-state index in [1.807, 2.05) is 24.3 Å². The highest BCUT2D eigenvalue weighted by Gasteiger charge is 2.12. The maximum atomic E-state index is 12.1. The summed E-state index contributed by atoms with van der Waals surface area (Å²) in [6, 6.07) is 7.85. The summed E-state index contributed by atoms with van der Waals surface area (Å²) in [5.74, 6) is 1.48. The molecular weight excluding hydrogens is 348 g/mol. The minimum absolute atomic E-state index is 0.0603. The number of aromatic nitrogens is 2. The van der Waals surface area contributed by atoms with Crippen LogP contribution in [0.25, 0.3) is 10.2 Å². The Morgan fingerprint density at radius 2 is 1.96 bits per heavy atom. The third kappa shape index (κ3) is 4.11. The summed E-state index contributed by atoms with van der Waals surface area (Å²) in [6.45, 7) is 4.89. The fourth-order valence-corrected chi connectivity index (χ4v) is 3.68. The number of nitrogens with one attached hydrogen (secondary N) is 2. The first-order valence-corrected chi connectivity index (χ1v) is 9.24. The number of ether oxygens (including phenoxy) is 1. The number of anilines is 1. The average Bonchev–Trinajstić information content (AvgIpc) is 2.95. The maximum absolute atomic E-state index is 12.1. The molecule has 3 aromatic rings. The molecule has 3 rings (SSSR count). The van der Waals surface area contributed by atoms with Gasteiger partial charge in [-0.15, -0.1) is 11.3 Å². The van der Waals surface area contributed by atoms with Gasteiger partial charge >= 0.3 is 0 Å².